The molecule has 6 nitrogen and oxygen atoms in total. The third-order valence-corrected chi connectivity index (χ3v) is 3.74. The first-order chi connectivity index (χ1) is 11.8. The molecule has 0 radical (unpaired) electrons. The number of hydrogen-bond donors (Lipinski definition) is 2. The second kappa shape index (κ2) is 12.7. The van der Waals surface area contributed by atoms with E-state index < -0.39 is 0 Å². The van der Waals surface area contributed by atoms with Crippen molar-refractivity contribution in [2.24, 2.45) is 4.99 Å². The summed E-state index contributed by atoms with van der Waals surface area (Å²) in [4.78, 5) is 13.2. The zero-order valence-electron chi connectivity index (χ0n) is 15.1. The van der Waals surface area contributed by atoms with Crippen molar-refractivity contribution in [3.8, 4) is 0 Å². The Morgan fingerprint density at radius 1 is 1.16 bits per heavy atom. The van der Waals surface area contributed by atoms with E-state index in [-0.39, 0.29) is 24.0 Å². The second-order valence-electron chi connectivity index (χ2n) is 5.63. The van der Waals surface area contributed by atoms with Gasteiger partial charge in [0, 0.05) is 56.9 Å². The van der Waals surface area contributed by atoms with Crippen LogP contribution in [-0.4, -0.2) is 40.1 Å². The Bertz CT molecular complexity index is 611. The van der Waals surface area contributed by atoms with Crippen molar-refractivity contribution in [2.45, 2.75) is 39.7 Å². The Balaban J connectivity index is 0.00000312. The van der Waals surface area contributed by atoms with Crippen LogP contribution in [0.15, 0.2) is 41.8 Å². The van der Waals surface area contributed by atoms with Gasteiger partial charge < -0.3 is 15.2 Å². The summed E-state index contributed by atoms with van der Waals surface area (Å²) >= 11 is 0. The van der Waals surface area contributed by atoms with Crippen LogP contribution in [0, 0.1) is 6.92 Å². The molecule has 0 aliphatic carbocycles. The van der Waals surface area contributed by atoms with E-state index in [9.17, 15) is 0 Å². The van der Waals surface area contributed by atoms with Crippen molar-refractivity contribution in [1.82, 2.24) is 25.2 Å². The number of aromatic nitrogens is 3. The molecule has 0 aliphatic heterocycles. The second-order valence-corrected chi connectivity index (χ2v) is 5.63. The highest BCUT2D eigenvalue weighted by Crippen LogP contribution is 2.00. The fourth-order valence-corrected chi connectivity index (χ4v) is 2.42. The minimum atomic E-state index is 0. The highest BCUT2D eigenvalue weighted by atomic mass is 127. The number of rotatable bonds is 9. The standard InChI is InChI=1S/C18H28N6.HI/c1-3-19-18(23-12-9-17-8-4-5-10-21-17)22-11-6-7-14-24-15-13-20-16(24)2;/h4-5,8,10,13,15H,3,6-7,9,11-12,14H2,1-2H3,(H2,19,22,23);1H. The third-order valence-electron chi connectivity index (χ3n) is 3.74. The quantitative estimate of drug-likeness (QED) is 0.264. The van der Waals surface area contributed by atoms with Crippen LogP contribution in [0.4, 0.5) is 0 Å². The number of hydrogen-bond acceptors (Lipinski definition) is 3. The van der Waals surface area contributed by atoms with Crippen LogP contribution in [-0.2, 0) is 13.0 Å². The van der Waals surface area contributed by atoms with Gasteiger partial charge in [0.25, 0.3) is 0 Å². The van der Waals surface area contributed by atoms with Crippen molar-refractivity contribution in [3.63, 3.8) is 0 Å². The van der Waals surface area contributed by atoms with Crippen molar-refractivity contribution in [1.29, 1.82) is 0 Å². The topological polar surface area (TPSA) is 67.1 Å². The number of aliphatic imine (C=N–C) groups is 1. The van der Waals surface area contributed by atoms with Gasteiger partial charge in [-0.05, 0) is 38.8 Å². The van der Waals surface area contributed by atoms with Gasteiger partial charge in [-0.25, -0.2) is 4.98 Å². The number of guanidine groups is 1. The van der Waals surface area contributed by atoms with E-state index in [0.29, 0.717) is 0 Å². The van der Waals surface area contributed by atoms with E-state index in [2.05, 4.69) is 37.1 Å². The molecule has 0 aliphatic rings. The van der Waals surface area contributed by atoms with Gasteiger partial charge in [0.1, 0.15) is 5.82 Å². The Hall–Kier alpha value is -1.64. The smallest absolute Gasteiger partial charge is 0.191 e. The fraction of sp³-hybridized carbons (Fsp3) is 0.500. The predicted molar refractivity (Wildman–Crippen MR) is 114 cm³/mol. The highest BCUT2D eigenvalue weighted by molar-refractivity contribution is 14.0. The molecule has 2 heterocycles. The van der Waals surface area contributed by atoms with Crippen LogP contribution >= 0.6 is 24.0 Å². The van der Waals surface area contributed by atoms with Crippen LogP contribution in [0.2, 0.25) is 0 Å². The maximum atomic E-state index is 4.64. The molecule has 7 heteroatoms. The first-order valence-electron chi connectivity index (χ1n) is 8.69. The molecule has 25 heavy (non-hydrogen) atoms. The zero-order valence-corrected chi connectivity index (χ0v) is 17.4. The molecule has 0 atom stereocenters. The minimum absolute atomic E-state index is 0. The molecule has 2 N–H and O–H groups in total. The van der Waals surface area contributed by atoms with Gasteiger partial charge in [0.15, 0.2) is 5.96 Å². The lowest BCUT2D eigenvalue weighted by Gasteiger charge is -2.11. The minimum Gasteiger partial charge on any atom is -0.357 e. The van der Waals surface area contributed by atoms with Crippen LogP contribution in [0.1, 0.15) is 31.3 Å². The van der Waals surface area contributed by atoms with E-state index in [1.54, 1.807) is 0 Å². The number of halogens is 1. The van der Waals surface area contributed by atoms with Crippen molar-refractivity contribution in [3.05, 3.63) is 48.3 Å². The van der Waals surface area contributed by atoms with Crippen LogP contribution in [0.5, 0.6) is 0 Å². The third kappa shape index (κ3) is 8.33. The summed E-state index contributed by atoms with van der Waals surface area (Å²) in [5, 5.41) is 6.65. The lowest BCUT2D eigenvalue weighted by molar-refractivity contribution is 0.600. The normalized spacial score (nSPS) is 11.0. The molecular formula is C18H29IN6. The largest absolute Gasteiger partial charge is 0.357 e. The number of unbranched alkanes of at least 4 members (excludes halogenated alkanes) is 1. The number of imidazole rings is 1. The molecule has 0 amide bonds. The molecule has 0 unspecified atom stereocenters. The summed E-state index contributed by atoms with van der Waals surface area (Å²) in [6.07, 6.45) is 8.77. The van der Waals surface area contributed by atoms with Gasteiger partial charge in [-0.15, -0.1) is 24.0 Å². The van der Waals surface area contributed by atoms with Gasteiger partial charge in [0.05, 0.1) is 0 Å². The molecule has 0 fully saturated rings. The van der Waals surface area contributed by atoms with E-state index in [0.717, 1.165) is 62.9 Å². The predicted octanol–water partition coefficient (Wildman–Crippen LogP) is 2.78. The maximum Gasteiger partial charge on any atom is 0.191 e. The highest BCUT2D eigenvalue weighted by Gasteiger charge is 1.99. The van der Waals surface area contributed by atoms with Crippen LogP contribution in [0.3, 0.4) is 0 Å². The molecule has 0 bridgehead atoms. The van der Waals surface area contributed by atoms with Gasteiger partial charge in [0.2, 0.25) is 0 Å². The Morgan fingerprint density at radius 2 is 2.04 bits per heavy atom. The lowest BCUT2D eigenvalue weighted by Crippen LogP contribution is -2.38. The van der Waals surface area contributed by atoms with Crippen molar-refractivity contribution < 1.29 is 0 Å². The molecule has 138 valence electrons. The molecular weight excluding hydrogens is 427 g/mol. The molecule has 0 aromatic carbocycles. The Labute approximate surface area is 167 Å². The fourth-order valence-electron chi connectivity index (χ4n) is 2.42. The SMILES string of the molecule is CCNC(=NCCCCn1ccnc1C)NCCc1ccccn1.I. The van der Waals surface area contributed by atoms with E-state index in [4.69, 9.17) is 0 Å². The van der Waals surface area contributed by atoms with Crippen LogP contribution in [0.25, 0.3) is 0 Å². The zero-order chi connectivity index (χ0) is 17.0. The number of pyridine rings is 1. The number of nitrogens with one attached hydrogen (secondary N) is 2. The number of nitrogens with zero attached hydrogens (tertiary/aromatic N) is 4. The molecule has 0 saturated heterocycles. The molecule has 0 saturated carbocycles. The monoisotopic (exact) mass is 456 g/mol. The van der Waals surface area contributed by atoms with Crippen LogP contribution < -0.4 is 10.6 Å². The summed E-state index contributed by atoms with van der Waals surface area (Å²) < 4.78 is 2.18. The Morgan fingerprint density at radius 3 is 2.72 bits per heavy atom. The first-order valence-corrected chi connectivity index (χ1v) is 8.69. The van der Waals surface area contributed by atoms with E-state index in [1.165, 1.54) is 0 Å². The summed E-state index contributed by atoms with van der Waals surface area (Å²) in [5.74, 6) is 1.95. The summed E-state index contributed by atoms with van der Waals surface area (Å²) in [5.41, 5.74) is 1.09. The maximum absolute atomic E-state index is 4.64. The molecule has 2 aromatic heterocycles. The van der Waals surface area contributed by atoms with E-state index in [1.807, 2.05) is 43.7 Å². The average molecular weight is 456 g/mol. The summed E-state index contributed by atoms with van der Waals surface area (Å²) in [6.45, 7) is 7.64. The number of aryl methyl sites for hydroxylation is 2. The average Bonchev–Trinajstić information content (AvgIpc) is 3.00. The van der Waals surface area contributed by atoms with Gasteiger partial charge >= 0.3 is 0 Å². The molecule has 0 spiro atoms. The van der Waals surface area contributed by atoms with Crippen molar-refractivity contribution >= 4 is 29.9 Å². The summed E-state index contributed by atoms with van der Waals surface area (Å²) in [7, 11) is 0. The van der Waals surface area contributed by atoms with Gasteiger partial charge in [-0.1, -0.05) is 6.07 Å². The van der Waals surface area contributed by atoms with Crippen molar-refractivity contribution in [2.75, 3.05) is 19.6 Å². The van der Waals surface area contributed by atoms with Gasteiger partial charge in [-0.3, -0.25) is 9.98 Å². The first kappa shape index (κ1) is 21.4. The molecule has 2 rings (SSSR count). The molecule has 2 aromatic rings. The summed E-state index contributed by atoms with van der Waals surface area (Å²) in [6, 6.07) is 6.00. The Kier molecular flexibility index (Phi) is 10.9. The van der Waals surface area contributed by atoms with E-state index >= 15 is 0 Å². The lowest BCUT2D eigenvalue weighted by atomic mass is 10.3. The van der Waals surface area contributed by atoms with Gasteiger partial charge in [-0.2, -0.15) is 0 Å².